The summed E-state index contributed by atoms with van der Waals surface area (Å²) in [6, 6.07) is 5.80. The molecule has 3 nitrogen and oxygen atoms in total. The van der Waals surface area contributed by atoms with Crippen molar-refractivity contribution in [3.8, 4) is 5.75 Å². The molecule has 0 fully saturated rings. The van der Waals surface area contributed by atoms with Crippen molar-refractivity contribution in [2.24, 2.45) is 5.41 Å². The smallest absolute Gasteiger partial charge is 0.309 e. The molecular formula is C14H20O3. The molecule has 1 N–H and O–H groups in total. The molecule has 1 aromatic carbocycles. The molecule has 17 heavy (non-hydrogen) atoms. The molecule has 0 aliphatic heterocycles. The highest BCUT2D eigenvalue weighted by atomic mass is 16.5. The molecule has 0 unspecified atom stereocenters. The van der Waals surface area contributed by atoms with Gasteiger partial charge in [0.1, 0.15) is 5.75 Å². The van der Waals surface area contributed by atoms with Crippen LogP contribution in [-0.4, -0.2) is 18.2 Å². The summed E-state index contributed by atoms with van der Waals surface area (Å²) in [5.74, 6) is 0.0635. The molecule has 0 atom stereocenters. The Kier molecular flexibility index (Phi) is 4.16. The van der Waals surface area contributed by atoms with Crippen LogP contribution in [0.15, 0.2) is 18.2 Å². The fraction of sp³-hybridized carbons (Fsp3) is 0.500. The van der Waals surface area contributed by atoms with Crippen molar-refractivity contribution >= 4 is 5.97 Å². The fourth-order valence-corrected chi connectivity index (χ4v) is 1.92. The minimum atomic E-state index is -0.776. The minimum absolute atomic E-state index is 0.517. The molecule has 0 saturated carbocycles. The lowest BCUT2D eigenvalue weighted by atomic mass is 9.84. The molecule has 1 aromatic rings. The van der Waals surface area contributed by atoms with Gasteiger partial charge in [-0.05, 0) is 43.9 Å². The number of benzene rings is 1. The van der Waals surface area contributed by atoms with Gasteiger partial charge in [-0.3, -0.25) is 4.79 Å². The highest BCUT2D eigenvalue weighted by Crippen LogP contribution is 2.29. The van der Waals surface area contributed by atoms with Gasteiger partial charge in [0, 0.05) is 0 Å². The van der Waals surface area contributed by atoms with Gasteiger partial charge < -0.3 is 9.84 Å². The van der Waals surface area contributed by atoms with Gasteiger partial charge in [-0.1, -0.05) is 19.1 Å². The van der Waals surface area contributed by atoms with Crippen LogP contribution in [0.2, 0.25) is 0 Å². The van der Waals surface area contributed by atoms with Crippen LogP contribution in [0, 0.1) is 5.41 Å². The van der Waals surface area contributed by atoms with E-state index < -0.39 is 11.4 Å². The fourth-order valence-electron chi connectivity index (χ4n) is 1.92. The van der Waals surface area contributed by atoms with Crippen LogP contribution < -0.4 is 4.74 Å². The van der Waals surface area contributed by atoms with Crippen molar-refractivity contribution in [2.75, 3.05) is 7.11 Å². The average molecular weight is 236 g/mol. The molecule has 94 valence electrons. The lowest BCUT2D eigenvalue weighted by Gasteiger charge is -2.21. The zero-order valence-corrected chi connectivity index (χ0v) is 10.9. The van der Waals surface area contributed by atoms with Gasteiger partial charge in [0.2, 0.25) is 0 Å². The largest absolute Gasteiger partial charge is 0.496 e. The Balaban J connectivity index is 3.10. The van der Waals surface area contributed by atoms with Crippen LogP contribution in [-0.2, 0) is 17.6 Å². The van der Waals surface area contributed by atoms with Crippen molar-refractivity contribution in [1.82, 2.24) is 0 Å². The van der Waals surface area contributed by atoms with Crippen LogP contribution in [0.1, 0.15) is 31.9 Å². The monoisotopic (exact) mass is 236 g/mol. The van der Waals surface area contributed by atoms with E-state index in [4.69, 9.17) is 9.84 Å². The summed E-state index contributed by atoms with van der Waals surface area (Å²) in [5, 5.41) is 9.16. The Labute approximate surface area is 102 Å². The predicted octanol–water partition coefficient (Wildman–Crippen LogP) is 2.91. The van der Waals surface area contributed by atoms with Crippen LogP contribution in [0.3, 0.4) is 0 Å². The Morgan fingerprint density at radius 2 is 2.06 bits per heavy atom. The van der Waals surface area contributed by atoms with Crippen molar-refractivity contribution in [3.05, 3.63) is 29.3 Å². The molecule has 0 spiro atoms. The third-order valence-corrected chi connectivity index (χ3v) is 3.01. The third kappa shape index (κ3) is 2.99. The number of ether oxygens (including phenoxy) is 1. The van der Waals surface area contributed by atoms with Gasteiger partial charge in [-0.15, -0.1) is 0 Å². The van der Waals surface area contributed by atoms with Gasteiger partial charge in [-0.25, -0.2) is 0 Å². The lowest BCUT2D eigenvalue weighted by Crippen LogP contribution is -2.26. The summed E-state index contributed by atoms with van der Waals surface area (Å²) in [7, 11) is 1.64. The number of aliphatic carboxylic acids is 1. The van der Waals surface area contributed by atoms with E-state index in [0.717, 1.165) is 23.3 Å². The van der Waals surface area contributed by atoms with E-state index in [9.17, 15) is 4.79 Å². The third-order valence-electron chi connectivity index (χ3n) is 3.01. The van der Waals surface area contributed by atoms with E-state index in [0.29, 0.717) is 6.42 Å². The minimum Gasteiger partial charge on any atom is -0.496 e. The maximum Gasteiger partial charge on any atom is 0.309 e. The van der Waals surface area contributed by atoms with E-state index in [-0.39, 0.29) is 0 Å². The predicted molar refractivity (Wildman–Crippen MR) is 67.5 cm³/mol. The summed E-state index contributed by atoms with van der Waals surface area (Å²) < 4.78 is 5.30. The van der Waals surface area contributed by atoms with Crippen molar-refractivity contribution in [1.29, 1.82) is 0 Å². The topological polar surface area (TPSA) is 46.5 Å². The Bertz CT molecular complexity index is 408. The van der Waals surface area contributed by atoms with E-state index in [1.54, 1.807) is 21.0 Å². The van der Waals surface area contributed by atoms with E-state index in [1.165, 1.54) is 0 Å². The van der Waals surface area contributed by atoms with E-state index in [1.807, 2.05) is 18.2 Å². The van der Waals surface area contributed by atoms with Gasteiger partial charge in [0.25, 0.3) is 0 Å². The molecule has 0 saturated heterocycles. The molecule has 0 aliphatic carbocycles. The molecule has 0 aromatic heterocycles. The number of hydrogen-bond acceptors (Lipinski definition) is 2. The van der Waals surface area contributed by atoms with Crippen molar-refractivity contribution < 1.29 is 14.6 Å². The van der Waals surface area contributed by atoms with E-state index in [2.05, 4.69) is 6.92 Å². The van der Waals surface area contributed by atoms with Crippen LogP contribution in [0.25, 0.3) is 0 Å². The highest BCUT2D eigenvalue weighted by molar-refractivity contribution is 5.74. The lowest BCUT2D eigenvalue weighted by molar-refractivity contribution is -0.146. The normalized spacial score (nSPS) is 11.3. The van der Waals surface area contributed by atoms with Crippen LogP contribution >= 0.6 is 0 Å². The van der Waals surface area contributed by atoms with Crippen LogP contribution in [0.5, 0.6) is 5.75 Å². The molecule has 0 amide bonds. The maximum absolute atomic E-state index is 11.1. The molecule has 0 radical (unpaired) electrons. The molecule has 3 heteroatoms. The Morgan fingerprint density at radius 3 is 2.53 bits per heavy atom. The first-order valence-electron chi connectivity index (χ1n) is 5.80. The zero-order valence-electron chi connectivity index (χ0n) is 10.9. The second kappa shape index (κ2) is 5.21. The van der Waals surface area contributed by atoms with Crippen LogP contribution in [0.4, 0.5) is 0 Å². The van der Waals surface area contributed by atoms with Gasteiger partial charge in [0.05, 0.1) is 12.5 Å². The zero-order chi connectivity index (χ0) is 13.1. The SMILES string of the molecule is CCc1c(CC(C)(C)C(=O)O)cccc1OC. The Hall–Kier alpha value is -1.51. The summed E-state index contributed by atoms with van der Waals surface area (Å²) in [6.45, 7) is 5.54. The summed E-state index contributed by atoms with van der Waals surface area (Å²) in [5.41, 5.74) is 1.40. The first-order valence-corrected chi connectivity index (χ1v) is 5.80. The molecule has 1 rings (SSSR count). The van der Waals surface area contributed by atoms with Gasteiger partial charge in [-0.2, -0.15) is 0 Å². The van der Waals surface area contributed by atoms with Gasteiger partial charge in [0.15, 0.2) is 0 Å². The van der Waals surface area contributed by atoms with Crippen molar-refractivity contribution in [3.63, 3.8) is 0 Å². The number of methoxy groups -OCH3 is 1. The average Bonchev–Trinajstić information content (AvgIpc) is 2.27. The number of rotatable bonds is 5. The highest BCUT2D eigenvalue weighted by Gasteiger charge is 2.28. The second-order valence-electron chi connectivity index (χ2n) is 4.82. The standard InChI is InChI=1S/C14H20O3/c1-5-11-10(7-6-8-12(11)17-4)9-14(2,3)13(15)16/h6-8H,5,9H2,1-4H3,(H,15,16). The van der Waals surface area contributed by atoms with Gasteiger partial charge >= 0.3 is 5.97 Å². The molecular weight excluding hydrogens is 216 g/mol. The first-order chi connectivity index (χ1) is 7.92. The Morgan fingerprint density at radius 1 is 1.41 bits per heavy atom. The maximum atomic E-state index is 11.1. The number of carbonyl (C=O) groups is 1. The number of carboxylic acid groups (broad SMARTS) is 1. The quantitative estimate of drug-likeness (QED) is 0.855. The summed E-state index contributed by atoms with van der Waals surface area (Å²) >= 11 is 0. The molecule has 0 aliphatic rings. The summed E-state index contributed by atoms with van der Waals surface area (Å²) in [4.78, 5) is 11.1. The molecule has 0 bridgehead atoms. The molecule has 0 heterocycles. The number of hydrogen-bond donors (Lipinski definition) is 1. The second-order valence-corrected chi connectivity index (χ2v) is 4.82. The summed E-state index contributed by atoms with van der Waals surface area (Å²) in [6.07, 6.45) is 1.36. The van der Waals surface area contributed by atoms with Crippen molar-refractivity contribution in [2.45, 2.75) is 33.6 Å². The first kappa shape index (κ1) is 13.6. The van der Waals surface area contributed by atoms with E-state index >= 15 is 0 Å². The number of carboxylic acids is 1.